The summed E-state index contributed by atoms with van der Waals surface area (Å²) in [7, 11) is 0. The molecule has 2 aromatic carbocycles. The molecular weight excluding hydrogens is 382 g/mol. The number of likely N-dealkylation sites (tertiary alicyclic amines) is 1. The molecule has 2 aliphatic heterocycles. The second kappa shape index (κ2) is 9.07. The van der Waals surface area contributed by atoms with Gasteiger partial charge in [0.05, 0.1) is 12.2 Å². The second-order valence-electron chi connectivity index (χ2n) is 7.71. The Bertz CT molecular complexity index is 903. The first-order valence-corrected chi connectivity index (χ1v) is 10.4. The molecule has 7 nitrogen and oxygen atoms in total. The van der Waals surface area contributed by atoms with Crippen molar-refractivity contribution in [2.45, 2.75) is 32.2 Å². The predicted octanol–water partition coefficient (Wildman–Crippen LogP) is 4.42. The molecule has 0 saturated carbocycles. The van der Waals surface area contributed by atoms with Crippen LogP contribution in [0.5, 0.6) is 5.75 Å². The standard InChI is InChI=1S/C23H27N3O4/c1-17-9-10-19(16-21(17)26-14-15-29-23(26)28)24-18-6-5-12-25(13-11-18)22(27)30-20-7-3-2-4-8-20/h2-4,7-10,16,18,24H,5-6,11-15H2,1H3. The Labute approximate surface area is 176 Å². The number of para-hydroxylation sites is 1. The summed E-state index contributed by atoms with van der Waals surface area (Å²) >= 11 is 0. The number of carbonyl (C=O) groups is 2. The molecule has 0 bridgehead atoms. The van der Waals surface area contributed by atoms with Crippen molar-refractivity contribution in [1.82, 2.24) is 4.90 Å². The Kier molecular flexibility index (Phi) is 6.07. The summed E-state index contributed by atoms with van der Waals surface area (Å²) in [5.74, 6) is 0.564. The zero-order chi connectivity index (χ0) is 20.9. The van der Waals surface area contributed by atoms with Crippen LogP contribution in [0.25, 0.3) is 0 Å². The number of anilines is 2. The maximum Gasteiger partial charge on any atom is 0.415 e. The predicted molar refractivity (Wildman–Crippen MR) is 115 cm³/mol. The monoisotopic (exact) mass is 409 g/mol. The molecule has 1 unspecified atom stereocenters. The molecule has 2 amide bonds. The molecule has 1 atom stereocenters. The number of nitrogens with one attached hydrogen (secondary N) is 1. The highest BCUT2D eigenvalue weighted by Gasteiger charge is 2.26. The number of cyclic esters (lactones) is 1. The Balaban J connectivity index is 1.36. The minimum atomic E-state index is -0.299. The molecule has 0 aliphatic carbocycles. The zero-order valence-electron chi connectivity index (χ0n) is 17.2. The van der Waals surface area contributed by atoms with Gasteiger partial charge in [-0.15, -0.1) is 0 Å². The summed E-state index contributed by atoms with van der Waals surface area (Å²) < 4.78 is 10.6. The summed E-state index contributed by atoms with van der Waals surface area (Å²) in [4.78, 5) is 27.9. The largest absolute Gasteiger partial charge is 0.447 e. The average Bonchev–Trinajstić information content (AvgIpc) is 3.03. The minimum Gasteiger partial charge on any atom is -0.447 e. The molecule has 30 heavy (non-hydrogen) atoms. The molecule has 2 aliphatic rings. The van der Waals surface area contributed by atoms with Gasteiger partial charge in [0.25, 0.3) is 0 Å². The van der Waals surface area contributed by atoms with Crippen molar-refractivity contribution in [3.8, 4) is 5.75 Å². The third-order valence-electron chi connectivity index (χ3n) is 5.57. The quantitative estimate of drug-likeness (QED) is 0.810. The normalized spacial score (nSPS) is 19.2. The van der Waals surface area contributed by atoms with Gasteiger partial charge in [-0.25, -0.2) is 9.59 Å². The highest BCUT2D eigenvalue weighted by Crippen LogP contribution is 2.28. The number of aryl methyl sites for hydroxylation is 1. The van der Waals surface area contributed by atoms with Crippen LogP contribution in [0.2, 0.25) is 0 Å². The fourth-order valence-corrected chi connectivity index (χ4v) is 3.92. The SMILES string of the molecule is Cc1ccc(NC2CCCN(C(=O)Oc3ccccc3)CC2)cc1N1CCOC1=O. The van der Waals surface area contributed by atoms with E-state index in [0.29, 0.717) is 32.0 Å². The first-order valence-electron chi connectivity index (χ1n) is 10.4. The third-order valence-corrected chi connectivity index (χ3v) is 5.57. The van der Waals surface area contributed by atoms with Gasteiger partial charge >= 0.3 is 12.2 Å². The van der Waals surface area contributed by atoms with Crippen LogP contribution in [-0.2, 0) is 4.74 Å². The van der Waals surface area contributed by atoms with Gasteiger partial charge in [-0.1, -0.05) is 24.3 Å². The van der Waals surface area contributed by atoms with Gasteiger partial charge in [0, 0.05) is 24.8 Å². The van der Waals surface area contributed by atoms with E-state index in [0.717, 1.165) is 36.2 Å². The Morgan fingerprint density at radius 2 is 1.93 bits per heavy atom. The van der Waals surface area contributed by atoms with Crippen LogP contribution < -0.4 is 15.0 Å². The number of hydrogen-bond donors (Lipinski definition) is 1. The van der Waals surface area contributed by atoms with Crippen molar-refractivity contribution < 1.29 is 19.1 Å². The van der Waals surface area contributed by atoms with Gasteiger partial charge in [-0.3, -0.25) is 4.90 Å². The number of hydrogen-bond acceptors (Lipinski definition) is 5. The molecule has 1 N–H and O–H groups in total. The van der Waals surface area contributed by atoms with E-state index in [2.05, 4.69) is 5.32 Å². The lowest BCUT2D eigenvalue weighted by Gasteiger charge is -2.22. The number of rotatable bonds is 4. The highest BCUT2D eigenvalue weighted by atomic mass is 16.6. The Morgan fingerprint density at radius 1 is 1.10 bits per heavy atom. The maximum absolute atomic E-state index is 12.5. The molecule has 2 fully saturated rings. The zero-order valence-corrected chi connectivity index (χ0v) is 17.2. The van der Waals surface area contributed by atoms with Crippen molar-refractivity contribution in [3.05, 3.63) is 54.1 Å². The fraction of sp³-hybridized carbons (Fsp3) is 0.391. The Morgan fingerprint density at radius 3 is 2.70 bits per heavy atom. The number of ether oxygens (including phenoxy) is 2. The molecule has 158 valence electrons. The van der Waals surface area contributed by atoms with Crippen molar-refractivity contribution in [2.75, 3.05) is 36.5 Å². The lowest BCUT2D eigenvalue weighted by atomic mass is 10.1. The molecule has 0 aromatic heterocycles. The van der Waals surface area contributed by atoms with Gasteiger partial charge in [-0.05, 0) is 56.0 Å². The van der Waals surface area contributed by atoms with Crippen molar-refractivity contribution in [1.29, 1.82) is 0 Å². The van der Waals surface area contributed by atoms with Gasteiger partial charge in [-0.2, -0.15) is 0 Å². The van der Waals surface area contributed by atoms with Crippen LogP contribution >= 0.6 is 0 Å². The summed E-state index contributed by atoms with van der Waals surface area (Å²) in [6.07, 6.45) is 2.10. The molecule has 0 spiro atoms. The molecule has 2 saturated heterocycles. The van der Waals surface area contributed by atoms with E-state index >= 15 is 0 Å². The number of amides is 2. The average molecular weight is 409 g/mol. The van der Waals surface area contributed by atoms with Crippen LogP contribution in [0, 0.1) is 6.92 Å². The summed E-state index contributed by atoms with van der Waals surface area (Å²) in [6, 6.07) is 15.5. The number of nitrogens with zero attached hydrogens (tertiary/aromatic N) is 2. The highest BCUT2D eigenvalue weighted by molar-refractivity contribution is 5.91. The van der Waals surface area contributed by atoms with Gasteiger partial charge < -0.3 is 19.7 Å². The second-order valence-corrected chi connectivity index (χ2v) is 7.71. The summed E-state index contributed by atoms with van der Waals surface area (Å²) in [5.41, 5.74) is 2.89. The lowest BCUT2D eigenvalue weighted by molar-refractivity contribution is 0.154. The van der Waals surface area contributed by atoms with Crippen LogP contribution in [0.1, 0.15) is 24.8 Å². The van der Waals surface area contributed by atoms with Crippen molar-refractivity contribution >= 4 is 23.6 Å². The van der Waals surface area contributed by atoms with E-state index in [4.69, 9.17) is 9.47 Å². The number of benzene rings is 2. The smallest absolute Gasteiger partial charge is 0.415 e. The molecule has 2 aromatic rings. The Hall–Kier alpha value is -3.22. The van der Waals surface area contributed by atoms with E-state index in [1.807, 2.05) is 43.3 Å². The van der Waals surface area contributed by atoms with E-state index in [-0.39, 0.29) is 18.2 Å². The van der Waals surface area contributed by atoms with Crippen LogP contribution in [0.4, 0.5) is 21.0 Å². The third kappa shape index (κ3) is 4.67. The lowest BCUT2D eigenvalue weighted by Crippen LogP contribution is -2.35. The van der Waals surface area contributed by atoms with Crippen LogP contribution in [-0.4, -0.2) is 49.4 Å². The van der Waals surface area contributed by atoms with E-state index < -0.39 is 0 Å². The minimum absolute atomic E-state index is 0.251. The number of carbonyl (C=O) groups excluding carboxylic acids is 2. The molecular formula is C23H27N3O4. The summed E-state index contributed by atoms with van der Waals surface area (Å²) in [6.45, 7) is 4.31. The van der Waals surface area contributed by atoms with E-state index in [9.17, 15) is 9.59 Å². The molecule has 0 radical (unpaired) electrons. The summed E-state index contributed by atoms with van der Waals surface area (Å²) in [5, 5.41) is 3.58. The van der Waals surface area contributed by atoms with Crippen LogP contribution in [0.15, 0.2) is 48.5 Å². The maximum atomic E-state index is 12.5. The van der Waals surface area contributed by atoms with Crippen molar-refractivity contribution in [2.24, 2.45) is 0 Å². The molecule has 2 heterocycles. The molecule has 7 heteroatoms. The fourth-order valence-electron chi connectivity index (χ4n) is 3.92. The molecule has 4 rings (SSSR count). The van der Waals surface area contributed by atoms with E-state index in [1.165, 1.54) is 0 Å². The first-order chi connectivity index (χ1) is 14.6. The van der Waals surface area contributed by atoms with Gasteiger partial charge in [0.1, 0.15) is 12.4 Å². The van der Waals surface area contributed by atoms with E-state index in [1.54, 1.807) is 21.9 Å². The van der Waals surface area contributed by atoms with Crippen molar-refractivity contribution in [3.63, 3.8) is 0 Å². The van der Waals surface area contributed by atoms with Crippen LogP contribution in [0.3, 0.4) is 0 Å². The topological polar surface area (TPSA) is 71.1 Å². The van der Waals surface area contributed by atoms with Gasteiger partial charge in [0.2, 0.25) is 0 Å². The first kappa shape index (κ1) is 20.1. The van der Waals surface area contributed by atoms with Gasteiger partial charge in [0.15, 0.2) is 0 Å².